The van der Waals surface area contributed by atoms with Gasteiger partial charge in [0.2, 0.25) is 12.5 Å². The number of hydrogen-bond acceptors (Lipinski definition) is 6. The summed E-state index contributed by atoms with van der Waals surface area (Å²) in [6.45, 7) is 0.946. The highest BCUT2D eigenvalue weighted by atomic mass is 35.5. The van der Waals surface area contributed by atoms with Gasteiger partial charge in [0.05, 0.1) is 17.8 Å². The molecular formula is C18H19ClN4O5S. The predicted molar refractivity (Wildman–Crippen MR) is 116 cm³/mol. The molecule has 0 aliphatic carbocycles. The molecule has 2 rings (SSSR count). The van der Waals surface area contributed by atoms with Gasteiger partial charge in [-0.3, -0.25) is 14.9 Å². The number of benzene rings is 2. The summed E-state index contributed by atoms with van der Waals surface area (Å²) in [4.78, 5) is 21.1. The van der Waals surface area contributed by atoms with E-state index in [-0.39, 0.29) is 24.2 Å². The molecule has 3 N–H and O–H groups in total. The number of nitro groups is 1. The molecule has 0 aromatic heterocycles. The van der Waals surface area contributed by atoms with Crippen LogP contribution in [0.5, 0.6) is 11.5 Å². The summed E-state index contributed by atoms with van der Waals surface area (Å²) >= 11 is 11.5. The van der Waals surface area contributed by atoms with Crippen molar-refractivity contribution < 1.29 is 19.2 Å². The van der Waals surface area contributed by atoms with Gasteiger partial charge in [0.25, 0.3) is 0 Å². The van der Waals surface area contributed by atoms with Crippen LogP contribution in [0.15, 0.2) is 36.4 Å². The SMILES string of the molecule is COc1cc(OCC[N+](=O)[O-])c(NC(=S)Nc2ccc(NC(C)=O)cc2)cc1Cl. The number of anilines is 3. The van der Waals surface area contributed by atoms with Crippen molar-refractivity contribution in [1.29, 1.82) is 0 Å². The third-order valence-electron chi connectivity index (χ3n) is 3.50. The second kappa shape index (κ2) is 10.4. The number of nitrogens with one attached hydrogen (secondary N) is 3. The van der Waals surface area contributed by atoms with Crippen LogP contribution in [0, 0.1) is 10.1 Å². The number of ether oxygens (including phenoxy) is 2. The number of thiocarbonyl (C=S) groups is 1. The fraction of sp³-hybridized carbons (Fsp3) is 0.222. The van der Waals surface area contributed by atoms with Gasteiger partial charge >= 0.3 is 0 Å². The summed E-state index contributed by atoms with van der Waals surface area (Å²) in [6.07, 6.45) is 0. The van der Waals surface area contributed by atoms with Crippen molar-refractivity contribution >= 4 is 51.9 Å². The smallest absolute Gasteiger partial charge is 0.237 e. The van der Waals surface area contributed by atoms with E-state index in [0.29, 0.717) is 33.6 Å². The number of amides is 1. The van der Waals surface area contributed by atoms with Crippen molar-refractivity contribution in [3.63, 3.8) is 0 Å². The molecule has 0 saturated heterocycles. The monoisotopic (exact) mass is 438 g/mol. The first-order chi connectivity index (χ1) is 13.8. The molecule has 0 aliphatic heterocycles. The first-order valence-electron chi connectivity index (χ1n) is 8.36. The Morgan fingerprint density at radius 3 is 2.31 bits per heavy atom. The van der Waals surface area contributed by atoms with E-state index in [1.807, 2.05) is 0 Å². The van der Waals surface area contributed by atoms with Gasteiger partial charge in [-0.15, -0.1) is 0 Å². The van der Waals surface area contributed by atoms with E-state index in [2.05, 4.69) is 16.0 Å². The van der Waals surface area contributed by atoms with Crippen molar-refractivity contribution in [2.24, 2.45) is 0 Å². The van der Waals surface area contributed by atoms with Crippen LogP contribution >= 0.6 is 23.8 Å². The van der Waals surface area contributed by atoms with E-state index < -0.39 is 4.92 Å². The molecule has 154 valence electrons. The predicted octanol–water partition coefficient (Wildman–Crippen LogP) is 3.77. The zero-order valence-electron chi connectivity index (χ0n) is 15.7. The second-order valence-corrected chi connectivity index (χ2v) is 6.54. The fourth-order valence-electron chi connectivity index (χ4n) is 2.26. The fourth-order valence-corrected chi connectivity index (χ4v) is 2.73. The Hall–Kier alpha value is -3.11. The molecule has 29 heavy (non-hydrogen) atoms. The van der Waals surface area contributed by atoms with Gasteiger partial charge < -0.3 is 25.4 Å². The lowest BCUT2D eigenvalue weighted by molar-refractivity contribution is -0.481. The minimum Gasteiger partial charge on any atom is -0.495 e. The molecule has 1 amide bonds. The van der Waals surface area contributed by atoms with Gasteiger partial charge in [-0.1, -0.05) is 11.6 Å². The Bertz CT molecular complexity index is 908. The van der Waals surface area contributed by atoms with E-state index >= 15 is 0 Å². The summed E-state index contributed by atoms with van der Waals surface area (Å²) in [7, 11) is 1.45. The summed E-state index contributed by atoms with van der Waals surface area (Å²) in [5, 5.41) is 19.7. The molecule has 2 aromatic rings. The minimum atomic E-state index is -0.475. The molecule has 0 spiro atoms. The lowest BCUT2D eigenvalue weighted by Crippen LogP contribution is -2.20. The third-order valence-corrected chi connectivity index (χ3v) is 4.00. The molecule has 9 nitrogen and oxygen atoms in total. The normalized spacial score (nSPS) is 10.0. The number of carbonyl (C=O) groups is 1. The number of rotatable bonds is 8. The standard InChI is InChI=1S/C18H19ClN4O5S/c1-11(24)20-12-3-5-13(6-4-12)21-18(29)22-15-9-14(19)16(27-2)10-17(15)28-8-7-23(25)26/h3-6,9-10H,7-8H2,1-2H3,(H,20,24)(H2,21,22,29). The quantitative estimate of drug-likeness (QED) is 0.324. The molecular weight excluding hydrogens is 420 g/mol. The Kier molecular flexibility index (Phi) is 7.98. The van der Waals surface area contributed by atoms with Crippen molar-refractivity contribution in [2.45, 2.75) is 6.92 Å². The number of methoxy groups -OCH3 is 1. The van der Waals surface area contributed by atoms with Crippen LogP contribution in [-0.2, 0) is 4.79 Å². The van der Waals surface area contributed by atoms with Crippen molar-refractivity contribution in [3.05, 3.63) is 51.5 Å². The molecule has 0 bridgehead atoms. The number of halogens is 1. The molecule has 0 saturated carbocycles. The van der Waals surface area contributed by atoms with Crippen LogP contribution in [0.4, 0.5) is 17.1 Å². The van der Waals surface area contributed by atoms with Crippen molar-refractivity contribution in [2.75, 3.05) is 36.2 Å². The van der Waals surface area contributed by atoms with Crippen LogP contribution in [0.1, 0.15) is 6.92 Å². The van der Waals surface area contributed by atoms with Gasteiger partial charge in [0, 0.05) is 29.3 Å². The molecule has 0 aliphatic rings. The second-order valence-electron chi connectivity index (χ2n) is 5.73. The van der Waals surface area contributed by atoms with Gasteiger partial charge in [-0.2, -0.15) is 0 Å². The summed E-state index contributed by atoms with van der Waals surface area (Å²) in [5.41, 5.74) is 1.77. The molecule has 0 unspecified atom stereocenters. The van der Waals surface area contributed by atoms with Crippen LogP contribution in [-0.4, -0.2) is 36.2 Å². The van der Waals surface area contributed by atoms with E-state index in [9.17, 15) is 14.9 Å². The summed E-state index contributed by atoms with van der Waals surface area (Å²) in [6, 6.07) is 10.0. The summed E-state index contributed by atoms with van der Waals surface area (Å²) in [5.74, 6) is 0.503. The van der Waals surface area contributed by atoms with Crippen LogP contribution in [0.3, 0.4) is 0 Å². The van der Waals surface area contributed by atoms with E-state index in [4.69, 9.17) is 33.3 Å². The average Bonchev–Trinajstić information content (AvgIpc) is 2.64. The first-order valence-corrected chi connectivity index (χ1v) is 9.15. The molecule has 0 radical (unpaired) electrons. The van der Waals surface area contributed by atoms with Crippen molar-refractivity contribution in [3.8, 4) is 11.5 Å². The number of nitrogens with zero attached hydrogens (tertiary/aromatic N) is 1. The summed E-state index contributed by atoms with van der Waals surface area (Å²) < 4.78 is 10.6. The highest BCUT2D eigenvalue weighted by Crippen LogP contribution is 2.36. The lowest BCUT2D eigenvalue weighted by Gasteiger charge is -2.16. The first kappa shape index (κ1) is 22.2. The Balaban J connectivity index is 2.10. The zero-order valence-corrected chi connectivity index (χ0v) is 17.2. The van der Waals surface area contributed by atoms with Crippen LogP contribution < -0.4 is 25.4 Å². The van der Waals surface area contributed by atoms with E-state index in [1.54, 1.807) is 30.3 Å². The third kappa shape index (κ3) is 7.09. The van der Waals surface area contributed by atoms with Gasteiger partial charge in [0.15, 0.2) is 11.7 Å². The van der Waals surface area contributed by atoms with Crippen LogP contribution in [0.25, 0.3) is 0 Å². The highest BCUT2D eigenvalue weighted by Gasteiger charge is 2.13. The van der Waals surface area contributed by atoms with Gasteiger partial charge in [-0.05, 0) is 42.5 Å². The Morgan fingerprint density at radius 1 is 1.14 bits per heavy atom. The Labute approximate surface area is 177 Å². The topological polar surface area (TPSA) is 115 Å². The average molecular weight is 439 g/mol. The maximum atomic E-state index is 11.1. The van der Waals surface area contributed by atoms with Gasteiger partial charge in [0.1, 0.15) is 11.5 Å². The highest BCUT2D eigenvalue weighted by molar-refractivity contribution is 7.80. The molecule has 0 heterocycles. The maximum absolute atomic E-state index is 11.1. The Morgan fingerprint density at radius 2 is 1.76 bits per heavy atom. The van der Waals surface area contributed by atoms with E-state index in [1.165, 1.54) is 20.1 Å². The van der Waals surface area contributed by atoms with E-state index in [0.717, 1.165) is 0 Å². The largest absolute Gasteiger partial charge is 0.495 e. The van der Waals surface area contributed by atoms with Crippen molar-refractivity contribution in [1.82, 2.24) is 0 Å². The zero-order chi connectivity index (χ0) is 21.4. The molecule has 2 aromatic carbocycles. The molecule has 11 heteroatoms. The van der Waals surface area contributed by atoms with Crippen LogP contribution in [0.2, 0.25) is 5.02 Å². The van der Waals surface area contributed by atoms with Gasteiger partial charge in [-0.25, -0.2) is 0 Å². The lowest BCUT2D eigenvalue weighted by atomic mass is 10.2. The molecule has 0 atom stereocenters. The number of hydrogen-bond donors (Lipinski definition) is 3. The minimum absolute atomic E-state index is 0.128. The number of carbonyl (C=O) groups excluding carboxylic acids is 1. The maximum Gasteiger partial charge on any atom is 0.237 e. The molecule has 0 fully saturated rings.